The van der Waals surface area contributed by atoms with Gasteiger partial charge in [0, 0.05) is 19.0 Å². The molecule has 4 rings (SSSR count). The van der Waals surface area contributed by atoms with Crippen molar-refractivity contribution >= 4 is 11.9 Å². The molecule has 124 valence electrons. The van der Waals surface area contributed by atoms with Crippen LogP contribution in [0.4, 0.5) is 0 Å². The van der Waals surface area contributed by atoms with Gasteiger partial charge in [-0.15, -0.1) is 0 Å². The van der Waals surface area contributed by atoms with Crippen LogP contribution in [-0.2, 0) is 4.79 Å². The standard InChI is InChI=1S/C18H19N3O3/c22-17(20-9-8-13(11-20)18(23)24)16-10-15(12-6-7-12)19-21(16)14-4-2-1-3-5-14/h1-5,10,12-13H,6-9,11H2,(H,23,24). The topological polar surface area (TPSA) is 75.4 Å². The lowest BCUT2D eigenvalue weighted by Gasteiger charge is -2.16. The van der Waals surface area contributed by atoms with Crippen LogP contribution in [-0.4, -0.2) is 44.8 Å². The molecule has 2 aliphatic rings. The number of carboxylic acid groups (broad SMARTS) is 1. The van der Waals surface area contributed by atoms with E-state index in [0.29, 0.717) is 24.6 Å². The maximum atomic E-state index is 12.9. The Morgan fingerprint density at radius 3 is 2.50 bits per heavy atom. The molecule has 1 saturated carbocycles. The molecule has 1 aromatic heterocycles. The Morgan fingerprint density at radius 1 is 1.12 bits per heavy atom. The number of amides is 1. The highest BCUT2D eigenvalue weighted by Crippen LogP contribution is 2.40. The van der Waals surface area contributed by atoms with Crippen LogP contribution in [0.25, 0.3) is 5.69 Å². The molecule has 6 nitrogen and oxygen atoms in total. The zero-order valence-corrected chi connectivity index (χ0v) is 13.3. The molecule has 0 spiro atoms. The van der Waals surface area contributed by atoms with Crippen LogP contribution >= 0.6 is 0 Å². The minimum absolute atomic E-state index is 0.137. The van der Waals surface area contributed by atoms with Crippen molar-refractivity contribution in [2.75, 3.05) is 13.1 Å². The van der Waals surface area contributed by atoms with E-state index in [9.17, 15) is 9.59 Å². The number of hydrogen-bond acceptors (Lipinski definition) is 3. The maximum absolute atomic E-state index is 12.9. The zero-order valence-electron chi connectivity index (χ0n) is 13.3. The molecule has 24 heavy (non-hydrogen) atoms. The van der Waals surface area contributed by atoms with Gasteiger partial charge in [0.1, 0.15) is 5.69 Å². The Balaban J connectivity index is 1.66. The molecule has 2 aromatic rings. The van der Waals surface area contributed by atoms with E-state index < -0.39 is 11.9 Å². The number of aromatic nitrogens is 2. The van der Waals surface area contributed by atoms with Crippen molar-refractivity contribution in [3.63, 3.8) is 0 Å². The minimum Gasteiger partial charge on any atom is -0.481 e. The van der Waals surface area contributed by atoms with Crippen molar-refractivity contribution < 1.29 is 14.7 Å². The number of carbonyl (C=O) groups is 2. The molecule has 1 atom stereocenters. The lowest BCUT2D eigenvalue weighted by Crippen LogP contribution is -2.31. The quantitative estimate of drug-likeness (QED) is 0.936. The highest BCUT2D eigenvalue weighted by atomic mass is 16.4. The number of para-hydroxylation sites is 1. The summed E-state index contributed by atoms with van der Waals surface area (Å²) in [5, 5.41) is 13.8. The number of aliphatic carboxylic acids is 1. The van der Waals surface area contributed by atoms with E-state index in [1.165, 1.54) is 0 Å². The highest BCUT2D eigenvalue weighted by molar-refractivity contribution is 5.94. The molecule has 1 aliphatic heterocycles. The molecule has 0 bridgehead atoms. The molecule has 6 heteroatoms. The summed E-state index contributed by atoms with van der Waals surface area (Å²) in [6, 6.07) is 11.5. The Bertz CT molecular complexity index is 780. The van der Waals surface area contributed by atoms with Gasteiger partial charge in [-0.05, 0) is 37.5 Å². The summed E-state index contributed by atoms with van der Waals surface area (Å²) in [7, 11) is 0. The van der Waals surface area contributed by atoms with E-state index in [0.717, 1.165) is 24.2 Å². The predicted octanol–water partition coefficient (Wildman–Crippen LogP) is 2.30. The van der Waals surface area contributed by atoms with Gasteiger partial charge >= 0.3 is 5.97 Å². The molecule has 1 aromatic carbocycles. The van der Waals surface area contributed by atoms with Crippen LogP contribution in [0.3, 0.4) is 0 Å². The fourth-order valence-electron chi connectivity index (χ4n) is 3.20. The third-order valence-electron chi connectivity index (χ3n) is 4.77. The Labute approximate surface area is 139 Å². The molecule has 2 heterocycles. The van der Waals surface area contributed by atoms with E-state index in [-0.39, 0.29) is 12.5 Å². The SMILES string of the molecule is O=C(O)C1CCN(C(=O)c2cc(C3CC3)nn2-c2ccccc2)C1. The van der Waals surface area contributed by atoms with Crippen LogP contribution in [0.5, 0.6) is 0 Å². The normalized spacial score (nSPS) is 20.3. The highest BCUT2D eigenvalue weighted by Gasteiger charge is 2.34. The van der Waals surface area contributed by atoms with E-state index in [4.69, 9.17) is 5.11 Å². The van der Waals surface area contributed by atoms with Crippen molar-refractivity contribution in [1.29, 1.82) is 0 Å². The van der Waals surface area contributed by atoms with Crippen LogP contribution in [0, 0.1) is 5.92 Å². The second-order valence-electron chi connectivity index (χ2n) is 6.55. The predicted molar refractivity (Wildman–Crippen MR) is 87.2 cm³/mol. The van der Waals surface area contributed by atoms with Gasteiger partial charge in [0.15, 0.2) is 0 Å². The average Bonchev–Trinajstić information content (AvgIpc) is 3.15. The Morgan fingerprint density at radius 2 is 1.88 bits per heavy atom. The van der Waals surface area contributed by atoms with Crippen molar-refractivity contribution in [3.05, 3.63) is 47.8 Å². The van der Waals surface area contributed by atoms with Crippen molar-refractivity contribution in [2.45, 2.75) is 25.2 Å². The number of benzene rings is 1. The molecular formula is C18H19N3O3. The average molecular weight is 325 g/mol. The van der Waals surface area contributed by atoms with Gasteiger partial charge in [-0.3, -0.25) is 9.59 Å². The van der Waals surface area contributed by atoms with Gasteiger partial charge in [0.25, 0.3) is 5.91 Å². The third kappa shape index (κ3) is 2.68. The fourth-order valence-corrected chi connectivity index (χ4v) is 3.20. The monoisotopic (exact) mass is 325 g/mol. The Hall–Kier alpha value is -2.63. The molecule has 1 unspecified atom stereocenters. The van der Waals surface area contributed by atoms with E-state index >= 15 is 0 Å². The first-order chi connectivity index (χ1) is 11.6. The second-order valence-corrected chi connectivity index (χ2v) is 6.55. The summed E-state index contributed by atoms with van der Waals surface area (Å²) in [5.74, 6) is -0.987. The number of carboxylic acids is 1. The Kier molecular flexibility index (Phi) is 3.59. The number of hydrogen-bond donors (Lipinski definition) is 1. The zero-order chi connectivity index (χ0) is 16.7. The van der Waals surface area contributed by atoms with E-state index in [1.54, 1.807) is 9.58 Å². The number of rotatable bonds is 4. The van der Waals surface area contributed by atoms with Crippen LogP contribution in [0.1, 0.15) is 41.4 Å². The van der Waals surface area contributed by atoms with Crippen molar-refractivity contribution in [3.8, 4) is 5.69 Å². The van der Waals surface area contributed by atoms with Crippen LogP contribution in [0.15, 0.2) is 36.4 Å². The molecule has 1 aliphatic carbocycles. The fraction of sp³-hybridized carbons (Fsp3) is 0.389. The molecule has 1 N–H and O–H groups in total. The first kappa shape index (κ1) is 14.9. The molecule has 1 saturated heterocycles. The smallest absolute Gasteiger partial charge is 0.308 e. The summed E-state index contributed by atoms with van der Waals surface area (Å²) in [6.07, 6.45) is 2.74. The first-order valence-electron chi connectivity index (χ1n) is 8.31. The van der Waals surface area contributed by atoms with Crippen molar-refractivity contribution in [1.82, 2.24) is 14.7 Å². The van der Waals surface area contributed by atoms with Crippen molar-refractivity contribution in [2.24, 2.45) is 5.92 Å². The molecule has 0 radical (unpaired) electrons. The van der Waals surface area contributed by atoms with Crippen LogP contribution in [0.2, 0.25) is 0 Å². The summed E-state index contributed by atoms with van der Waals surface area (Å²) < 4.78 is 1.70. The van der Waals surface area contributed by atoms with Gasteiger partial charge < -0.3 is 10.0 Å². The summed E-state index contributed by atoms with van der Waals surface area (Å²) in [6.45, 7) is 0.751. The first-order valence-corrected chi connectivity index (χ1v) is 8.31. The third-order valence-corrected chi connectivity index (χ3v) is 4.77. The maximum Gasteiger partial charge on any atom is 0.308 e. The largest absolute Gasteiger partial charge is 0.481 e. The summed E-state index contributed by atoms with van der Waals surface area (Å²) in [4.78, 5) is 25.7. The van der Waals surface area contributed by atoms with Gasteiger partial charge in [-0.1, -0.05) is 18.2 Å². The summed E-state index contributed by atoms with van der Waals surface area (Å²) >= 11 is 0. The van der Waals surface area contributed by atoms with Gasteiger partial charge in [0.05, 0.1) is 17.3 Å². The lowest BCUT2D eigenvalue weighted by atomic mass is 10.1. The summed E-state index contributed by atoms with van der Waals surface area (Å²) in [5.41, 5.74) is 2.33. The number of nitrogens with zero attached hydrogens (tertiary/aromatic N) is 3. The minimum atomic E-state index is -0.833. The van der Waals surface area contributed by atoms with E-state index in [1.807, 2.05) is 36.4 Å². The lowest BCUT2D eigenvalue weighted by molar-refractivity contribution is -0.141. The number of carbonyl (C=O) groups excluding carboxylic acids is 1. The molecule has 1 amide bonds. The number of likely N-dealkylation sites (tertiary alicyclic amines) is 1. The molecular weight excluding hydrogens is 306 g/mol. The van der Waals surface area contributed by atoms with E-state index in [2.05, 4.69) is 5.10 Å². The van der Waals surface area contributed by atoms with Gasteiger partial charge in [-0.2, -0.15) is 5.10 Å². The van der Waals surface area contributed by atoms with Gasteiger partial charge in [-0.25, -0.2) is 4.68 Å². The molecule has 2 fully saturated rings. The van der Waals surface area contributed by atoms with Crippen LogP contribution < -0.4 is 0 Å². The second kappa shape index (κ2) is 5.78. The van der Waals surface area contributed by atoms with Gasteiger partial charge in [0.2, 0.25) is 0 Å².